The molecule has 1 amide bonds. The Hall–Kier alpha value is -2.29. The molecule has 0 saturated carbocycles. The third-order valence-corrected chi connectivity index (χ3v) is 8.25. The summed E-state index contributed by atoms with van der Waals surface area (Å²) in [6, 6.07) is 12.6. The molecule has 2 saturated heterocycles. The highest BCUT2D eigenvalue weighted by Gasteiger charge is 2.34. The predicted molar refractivity (Wildman–Crippen MR) is 119 cm³/mol. The summed E-state index contributed by atoms with van der Waals surface area (Å²) in [5, 5.41) is 0. The van der Waals surface area contributed by atoms with Crippen molar-refractivity contribution < 1.29 is 13.2 Å². The zero-order chi connectivity index (χ0) is 21.7. The zero-order valence-electron chi connectivity index (χ0n) is 17.8. The minimum Gasteiger partial charge on any atom is -0.340 e. The van der Waals surface area contributed by atoms with Gasteiger partial charge < -0.3 is 4.90 Å². The van der Waals surface area contributed by atoms with Crippen molar-refractivity contribution in [3.63, 3.8) is 0 Å². The number of carbonyl (C=O) groups is 1. The topological polar surface area (TPSA) is 73.8 Å². The molecule has 4 rings (SSSR count). The van der Waals surface area contributed by atoms with E-state index < -0.39 is 10.0 Å². The summed E-state index contributed by atoms with van der Waals surface area (Å²) in [5.41, 5.74) is 1.28. The van der Waals surface area contributed by atoms with Crippen LogP contribution in [0.5, 0.6) is 0 Å². The standard InChI is InChI=1S/C23H30N4O3S/c28-23(26-18-16-25(17-19-26)13-8-20-6-11-24-12-7-20)21-9-14-27(15-10-21)31(29,30)22-4-2-1-3-5-22/h1-7,11-12,21H,8-10,13-19H2. The SMILES string of the molecule is O=C(C1CCN(S(=O)(=O)c2ccccc2)CC1)N1CCN(CCc2ccncc2)CC1. The van der Waals surface area contributed by atoms with Gasteiger partial charge in [0.05, 0.1) is 4.90 Å². The van der Waals surface area contributed by atoms with E-state index in [0.717, 1.165) is 39.1 Å². The average molecular weight is 443 g/mol. The van der Waals surface area contributed by atoms with Gasteiger partial charge in [-0.3, -0.25) is 14.7 Å². The molecule has 3 heterocycles. The highest BCUT2D eigenvalue weighted by molar-refractivity contribution is 7.89. The van der Waals surface area contributed by atoms with E-state index in [1.54, 1.807) is 24.3 Å². The fourth-order valence-electron chi connectivity index (χ4n) is 4.37. The molecule has 166 valence electrons. The van der Waals surface area contributed by atoms with E-state index in [1.807, 2.05) is 35.5 Å². The third kappa shape index (κ3) is 5.31. The molecule has 1 aromatic carbocycles. The van der Waals surface area contributed by atoms with Crippen molar-refractivity contribution in [2.24, 2.45) is 5.92 Å². The first kappa shape index (κ1) is 21.9. The van der Waals surface area contributed by atoms with Gasteiger partial charge in [0.25, 0.3) is 0 Å². The molecular formula is C23H30N4O3S. The van der Waals surface area contributed by atoms with Crippen molar-refractivity contribution in [2.45, 2.75) is 24.2 Å². The molecule has 0 radical (unpaired) electrons. The fraction of sp³-hybridized carbons (Fsp3) is 0.478. The van der Waals surface area contributed by atoms with Gasteiger partial charge in [-0.25, -0.2) is 8.42 Å². The molecule has 1 aromatic heterocycles. The minimum absolute atomic E-state index is 0.0782. The number of hydrogen-bond acceptors (Lipinski definition) is 5. The van der Waals surface area contributed by atoms with Gasteiger partial charge >= 0.3 is 0 Å². The largest absolute Gasteiger partial charge is 0.340 e. The molecule has 0 N–H and O–H groups in total. The third-order valence-electron chi connectivity index (χ3n) is 6.33. The number of piperidine rings is 1. The Morgan fingerprint density at radius 3 is 2.19 bits per heavy atom. The Balaban J connectivity index is 1.23. The van der Waals surface area contributed by atoms with Gasteiger partial charge in [-0.1, -0.05) is 18.2 Å². The average Bonchev–Trinajstić information content (AvgIpc) is 2.84. The first-order valence-corrected chi connectivity index (χ1v) is 12.4. The van der Waals surface area contributed by atoms with Crippen LogP contribution in [0.3, 0.4) is 0 Å². The van der Waals surface area contributed by atoms with Crippen molar-refractivity contribution >= 4 is 15.9 Å². The lowest BCUT2D eigenvalue weighted by Crippen LogP contribution is -2.52. The van der Waals surface area contributed by atoms with Gasteiger partial charge in [0.1, 0.15) is 0 Å². The van der Waals surface area contributed by atoms with Gasteiger partial charge in [-0.2, -0.15) is 4.31 Å². The Kier molecular flexibility index (Phi) is 6.99. The lowest BCUT2D eigenvalue weighted by Gasteiger charge is -2.38. The van der Waals surface area contributed by atoms with Crippen LogP contribution in [0.1, 0.15) is 18.4 Å². The molecule has 7 nitrogen and oxygen atoms in total. The lowest BCUT2D eigenvalue weighted by atomic mass is 9.96. The molecule has 2 aliphatic heterocycles. The highest BCUT2D eigenvalue weighted by atomic mass is 32.2. The van der Waals surface area contributed by atoms with Crippen molar-refractivity contribution in [3.8, 4) is 0 Å². The Morgan fingerprint density at radius 1 is 0.903 bits per heavy atom. The fourth-order valence-corrected chi connectivity index (χ4v) is 5.86. The smallest absolute Gasteiger partial charge is 0.243 e. The monoisotopic (exact) mass is 442 g/mol. The molecule has 2 aliphatic rings. The van der Waals surface area contributed by atoms with Crippen LogP contribution in [0.25, 0.3) is 0 Å². The number of piperazine rings is 1. The number of aromatic nitrogens is 1. The quantitative estimate of drug-likeness (QED) is 0.683. The van der Waals surface area contributed by atoms with Crippen LogP contribution in [-0.2, 0) is 21.2 Å². The molecule has 2 aromatic rings. The van der Waals surface area contributed by atoms with Gasteiger partial charge in [-0.15, -0.1) is 0 Å². The van der Waals surface area contributed by atoms with Gasteiger partial charge in [0.15, 0.2) is 0 Å². The Morgan fingerprint density at radius 2 is 1.55 bits per heavy atom. The van der Waals surface area contributed by atoms with Crippen molar-refractivity contribution in [3.05, 3.63) is 60.4 Å². The van der Waals surface area contributed by atoms with Crippen molar-refractivity contribution in [2.75, 3.05) is 45.8 Å². The number of carbonyl (C=O) groups excluding carboxylic acids is 1. The number of hydrogen-bond donors (Lipinski definition) is 0. The maximum absolute atomic E-state index is 13.0. The Labute approximate surface area is 184 Å². The molecule has 0 unspecified atom stereocenters. The second kappa shape index (κ2) is 9.89. The summed E-state index contributed by atoms with van der Waals surface area (Å²) >= 11 is 0. The van der Waals surface area contributed by atoms with E-state index in [0.29, 0.717) is 30.8 Å². The van der Waals surface area contributed by atoms with Gasteiger partial charge in [0, 0.05) is 64.1 Å². The van der Waals surface area contributed by atoms with Crippen LogP contribution in [0.4, 0.5) is 0 Å². The number of benzene rings is 1. The minimum atomic E-state index is -3.47. The first-order chi connectivity index (χ1) is 15.0. The molecule has 31 heavy (non-hydrogen) atoms. The van der Waals surface area contributed by atoms with Crippen LogP contribution >= 0.6 is 0 Å². The molecule has 0 bridgehead atoms. The van der Waals surface area contributed by atoms with E-state index >= 15 is 0 Å². The second-order valence-corrected chi connectivity index (χ2v) is 10.2. The number of nitrogens with zero attached hydrogens (tertiary/aromatic N) is 4. The van der Waals surface area contributed by atoms with Crippen LogP contribution in [-0.4, -0.2) is 79.2 Å². The number of rotatable bonds is 6. The molecule has 0 aliphatic carbocycles. The Bertz CT molecular complexity index is 953. The first-order valence-electron chi connectivity index (χ1n) is 11.0. The molecular weight excluding hydrogens is 412 g/mol. The zero-order valence-corrected chi connectivity index (χ0v) is 18.6. The molecule has 0 atom stereocenters. The predicted octanol–water partition coefficient (Wildman–Crippen LogP) is 1.87. The number of amides is 1. The number of pyridine rings is 1. The van der Waals surface area contributed by atoms with E-state index in [1.165, 1.54) is 9.87 Å². The lowest BCUT2D eigenvalue weighted by molar-refractivity contribution is -0.138. The summed E-state index contributed by atoms with van der Waals surface area (Å²) < 4.78 is 27.1. The highest BCUT2D eigenvalue weighted by Crippen LogP contribution is 2.25. The summed E-state index contributed by atoms with van der Waals surface area (Å²) in [7, 11) is -3.47. The summed E-state index contributed by atoms with van der Waals surface area (Å²) in [6.45, 7) is 5.06. The van der Waals surface area contributed by atoms with Crippen LogP contribution in [0.2, 0.25) is 0 Å². The second-order valence-electron chi connectivity index (χ2n) is 8.26. The molecule has 8 heteroatoms. The van der Waals surface area contributed by atoms with Crippen molar-refractivity contribution in [1.82, 2.24) is 19.1 Å². The van der Waals surface area contributed by atoms with Crippen molar-refractivity contribution in [1.29, 1.82) is 0 Å². The summed E-state index contributed by atoms with van der Waals surface area (Å²) in [4.78, 5) is 21.7. The maximum Gasteiger partial charge on any atom is 0.243 e. The van der Waals surface area contributed by atoms with E-state index in [9.17, 15) is 13.2 Å². The van der Waals surface area contributed by atoms with Crippen LogP contribution in [0.15, 0.2) is 59.8 Å². The summed E-state index contributed by atoms with van der Waals surface area (Å²) in [5.74, 6) is 0.108. The van der Waals surface area contributed by atoms with E-state index in [4.69, 9.17) is 0 Å². The van der Waals surface area contributed by atoms with Crippen LogP contribution in [0, 0.1) is 5.92 Å². The number of sulfonamides is 1. The molecule has 0 spiro atoms. The van der Waals surface area contributed by atoms with E-state index in [-0.39, 0.29) is 11.8 Å². The van der Waals surface area contributed by atoms with Gasteiger partial charge in [-0.05, 0) is 49.1 Å². The van der Waals surface area contributed by atoms with Gasteiger partial charge in [0.2, 0.25) is 15.9 Å². The molecule has 2 fully saturated rings. The maximum atomic E-state index is 13.0. The van der Waals surface area contributed by atoms with E-state index in [2.05, 4.69) is 9.88 Å². The summed E-state index contributed by atoms with van der Waals surface area (Å²) in [6.07, 6.45) is 5.82. The van der Waals surface area contributed by atoms with Crippen LogP contribution < -0.4 is 0 Å². The normalized spacial score (nSPS) is 19.4.